The fourth-order valence-electron chi connectivity index (χ4n) is 10.1. The quantitative estimate of drug-likeness (QED) is 0.194. The predicted octanol–water partition coefficient (Wildman–Crippen LogP) is -0.397. The van der Waals surface area contributed by atoms with Crippen LogP contribution in [0.1, 0.15) is 70.6 Å². The van der Waals surface area contributed by atoms with Crippen molar-refractivity contribution in [2.75, 3.05) is 20.3 Å². The number of nitrogens with two attached hydrogens (primary N) is 1. The molecule has 2 aliphatic heterocycles. The highest BCUT2D eigenvalue weighted by atomic mass is 16.7. The molecule has 2 heterocycles. The van der Waals surface area contributed by atoms with Crippen molar-refractivity contribution in [2.24, 2.45) is 46.7 Å². The Morgan fingerprint density at radius 2 is 1.66 bits per heavy atom. The summed E-state index contributed by atoms with van der Waals surface area (Å²) in [5.41, 5.74) is 6.30. The second-order valence-electron chi connectivity index (χ2n) is 14.7. The molecule has 4 aliphatic carbocycles. The first kappa shape index (κ1) is 32.9. The molecule has 10 unspecified atom stereocenters. The van der Waals surface area contributed by atoms with E-state index in [1.165, 1.54) is 12.8 Å². The minimum atomic E-state index is -1.63. The first-order chi connectivity index (χ1) is 21.1. The number of methoxy groups -OCH3 is 1. The first-order valence-corrected chi connectivity index (χ1v) is 16.8. The van der Waals surface area contributed by atoms with Gasteiger partial charge in [-0.2, -0.15) is 0 Å². The summed E-state index contributed by atoms with van der Waals surface area (Å²) in [5, 5.41) is 55.7. The molecule has 8 N–H and O–H groups in total. The molecule has 250 valence electrons. The van der Waals surface area contributed by atoms with Gasteiger partial charge >= 0.3 is 0 Å². The van der Waals surface area contributed by atoms with Gasteiger partial charge in [-0.3, -0.25) is 9.59 Å². The lowest BCUT2D eigenvalue weighted by Crippen LogP contribution is -2.63. The van der Waals surface area contributed by atoms with Crippen molar-refractivity contribution in [2.45, 2.75) is 126 Å². The fraction of sp³-hybridized carbons (Fsp3) is 0.938. The van der Waals surface area contributed by atoms with Gasteiger partial charge in [-0.15, -0.1) is 0 Å². The number of carbonyl (C=O) groups is 2. The normalized spacial score (nSPS) is 49.4. The largest absolute Gasteiger partial charge is 0.394 e. The van der Waals surface area contributed by atoms with Gasteiger partial charge in [-0.25, -0.2) is 0 Å². The number of carbonyl (C=O) groups excluding carboxylic acids is 2. The number of aliphatic hydroxyl groups excluding tert-OH is 5. The summed E-state index contributed by atoms with van der Waals surface area (Å²) >= 11 is 0. The first-order valence-electron chi connectivity index (χ1n) is 16.8. The molecule has 0 aromatic carbocycles. The van der Waals surface area contributed by atoms with Crippen molar-refractivity contribution in [3.63, 3.8) is 0 Å². The maximum atomic E-state index is 14.3. The van der Waals surface area contributed by atoms with E-state index in [1.807, 2.05) is 0 Å². The third kappa shape index (κ3) is 5.93. The minimum absolute atomic E-state index is 0.0294. The van der Waals surface area contributed by atoms with Crippen LogP contribution in [0, 0.1) is 40.9 Å². The van der Waals surface area contributed by atoms with E-state index in [9.17, 15) is 35.1 Å². The van der Waals surface area contributed by atoms with E-state index in [0.717, 1.165) is 38.6 Å². The molecule has 0 aromatic heterocycles. The van der Waals surface area contributed by atoms with Crippen LogP contribution in [0.15, 0.2) is 0 Å². The topological polar surface area (TPSA) is 201 Å². The minimum Gasteiger partial charge on any atom is -0.394 e. The Hall–Kier alpha value is -1.06. The van der Waals surface area contributed by atoms with Crippen molar-refractivity contribution in [1.82, 2.24) is 5.32 Å². The monoisotopic (exact) mass is 624 g/mol. The number of Topliss-reactive ketones (excluding diaryl/α,β-unsaturated/α-hetero) is 2. The number of rotatable bonds is 7. The van der Waals surface area contributed by atoms with Crippen LogP contribution in [0.4, 0.5) is 0 Å². The number of ether oxygens (including phenoxy) is 3. The van der Waals surface area contributed by atoms with Crippen LogP contribution in [0.3, 0.4) is 0 Å². The number of aliphatic hydroxyl groups is 5. The summed E-state index contributed by atoms with van der Waals surface area (Å²) in [4.78, 5) is 28.5. The summed E-state index contributed by atoms with van der Waals surface area (Å²) in [6, 6.07) is 0. The lowest BCUT2D eigenvalue weighted by atomic mass is 9.54. The molecule has 6 fully saturated rings. The maximum Gasteiger partial charge on any atom is 0.186 e. The Kier molecular flexibility index (Phi) is 9.87. The van der Waals surface area contributed by atoms with E-state index in [2.05, 4.69) is 5.32 Å². The Morgan fingerprint density at radius 1 is 0.932 bits per heavy atom. The molecule has 0 radical (unpaired) electrons. The van der Waals surface area contributed by atoms with Gasteiger partial charge in [0, 0.05) is 25.4 Å². The van der Waals surface area contributed by atoms with Gasteiger partial charge in [-0.05, 0) is 75.2 Å². The molecular weight excluding hydrogens is 572 g/mol. The summed E-state index contributed by atoms with van der Waals surface area (Å²) < 4.78 is 17.4. The Bertz CT molecular complexity index is 1030. The molecule has 44 heavy (non-hydrogen) atoms. The molecule has 0 aromatic rings. The van der Waals surface area contributed by atoms with E-state index in [-0.39, 0.29) is 41.6 Å². The number of ketones is 2. The van der Waals surface area contributed by atoms with Crippen LogP contribution in [0.5, 0.6) is 0 Å². The second kappa shape index (κ2) is 13.2. The number of hydrogen-bond acceptors (Lipinski definition) is 12. The van der Waals surface area contributed by atoms with Crippen LogP contribution in [-0.2, 0) is 23.8 Å². The summed E-state index contributed by atoms with van der Waals surface area (Å²) in [7, 11) is 1.54. The van der Waals surface area contributed by atoms with Crippen LogP contribution in [0.25, 0.3) is 0 Å². The Morgan fingerprint density at radius 3 is 2.32 bits per heavy atom. The average Bonchev–Trinajstić information content (AvgIpc) is 3.49. The van der Waals surface area contributed by atoms with E-state index in [4.69, 9.17) is 19.9 Å². The Balaban J connectivity index is 1.20. The standard InChI is InChI=1S/C32H52N2O10/c1-42-17-10-19-25(21(11-17)43-31-30(41)29(40)27(38)22(14-35)44-31)28(39)24-18(26(19)37)8-15(9-20(24)36)12-32(6-2-3-7-32)16-4-5-23(33)34-13-16/h15-25,27,29-31,34-36,38,40-41H,2-14,33H2,1H3/t15?,16?,17?,18?,19?,20?,21?,22-,23?,24?,25?,27-,29+,30-,31+/m1/s1. The lowest BCUT2D eigenvalue weighted by Gasteiger charge is -2.52. The summed E-state index contributed by atoms with van der Waals surface area (Å²) in [5.74, 6) is -2.44. The SMILES string of the molecule is COC1CC(O[C@H]2O[C@H](CO)[C@@H](O)[C@H](O)[C@H]2O)C2C(=O)C3C(O)CC(CC4(C5CCC(N)NC5)CCCC4)CC3C(=O)C2C1. The molecule has 0 amide bonds. The molecule has 4 saturated carbocycles. The van der Waals surface area contributed by atoms with Gasteiger partial charge in [0.15, 0.2) is 6.29 Å². The maximum absolute atomic E-state index is 14.3. The third-order valence-electron chi connectivity index (χ3n) is 12.3. The van der Waals surface area contributed by atoms with Crippen molar-refractivity contribution in [1.29, 1.82) is 0 Å². The van der Waals surface area contributed by atoms with E-state index in [1.54, 1.807) is 7.11 Å². The predicted molar refractivity (Wildman–Crippen MR) is 156 cm³/mol. The molecule has 12 heteroatoms. The van der Waals surface area contributed by atoms with E-state index >= 15 is 0 Å². The average molecular weight is 625 g/mol. The van der Waals surface area contributed by atoms with Gasteiger partial charge < -0.3 is 50.8 Å². The zero-order valence-corrected chi connectivity index (χ0v) is 25.7. The lowest BCUT2D eigenvalue weighted by molar-refractivity contribution is -0.319. The van der Waals surface area contributed by atoms with Crippen LogP contribution in [-0.4, -0.2) is 113 Å². The molecule has 0 bridgehead atoms. The van der Waals surface area contributed by atoms with Gasteiger partial charge in [0.1, 0.15) is 36.0 Å². The van der Waals surface area contributed by atoms with Crippen molar-refractivity contribution in [3.05, 3.63) is 0 Å². The van der Waals surface area contributed by atoms with Crippen LogP contribution < -0.4 is 11.1 Å². The number of nitrogens with one attached hydrogen (secondary N) is 1. The van der Waals surface area contributed by atoms with E-state index < -0.39 is 73.2 Å². The molecule has 12 nitrogen and oxygen atoms in total. The molecule has 6 rings (SSSR count). The fourth-order valence-corrected chi connectivity index (χ4v) is 10.1. The Labute approximate surface area is 259 Å². The molecule has 2 saturated heterocycles. The van der Waals surface area contributed by atoms with Crippen molar-refractivity contribution >= 4 is 11.6 Å². The van der Waals surface area contributed by atoms with E-state index in [0.29, 0.717) is 25.2 Å². The zero-order chi connectivity index (χ0) is 31.3. The number of piperidine rings is 1. The highest BCUT2D eigenvalue weighted by molar-refractivity contribution is 6.00. The van der Waals surface area contributed by atoms with Gasteiger partial charge in [0.05, 0.1) is 42.9 Å². The number of hydrogen-bond donors (Lipinski definition) is 7. The van der Waals surface area contributed by atoms with Gasteiger partial charge in [0.2, 0.25) is 0 Å². The van der Waals surface area contributed by atoms with Gasteiger partial charge in [-0.1, -0.05) is 12.8 Å². The van der Waals surface area contributed by atoms with Crippen LogP contribution >= 0.6 is 0 Å². The molecule has 15 atom stereocenters. The highest BCUT2D eigenvalue weighted by Crippen LogP contribution is 2.55. The van der Waals surface area contributed by atoms with Crippen molar-refractivity contribution < 1.29 is 49.3 Å². The zero-order valence-electron chi connectivity index (χ0n) is 25.7. The summed E-state index contributed by atoms with van der Waals surface area (Å²) in [6.45, 7) is 0.292. The molecular formula is C32H52N2O10. The highest BCUT2D eigenvalue weighted by Gasteiger charge is 2.60. The summed E-state index contributed by atoms with van der Waals surface area (Å²) in [6.07, 6.45) is -0.162. The third-order valence-corrected chi connectivity index (χ3v) is 12.3. The van der Waals surface area contributed by atoms with Gasteiger partial charge in [0.25, 0.3) is 0 Å². The number of fused-ring (bicyclic) bond motifs is 2. The smallest absolute Gasteiger partial charge is 0.186 e. The molecule has 0 spiro atoms. The van der Waals surface area contributed by atoms with Crippen molar-refractivity contribution in [3.8, 4) is 0 Å². The second-order valence-corrected chi connectivity index (χ2v) is 14.7. The molecule has 6 aliphatic rings. The van der Waals surface area contributed by atoms with Crippen LogP contribution in [0.2, 0.25) is 0 Å².